The molecule has 0 unspecified atom stereocenters. The fraction of sp³-hybridized carbons (Fsp3) is 0. The van der Waals surface area contributed by atoms with Crippen molar-refractivity contribution in [3.63, 3.8) is 0 Å². The summed E-state index contributed by atoms with van der Waals surface area (Å²) in [5.74, 6) is 0. The topological polar surface area (TPSA) is 20.7 Å². The van der Waals surface area contributed by atoms with E-state index in [0.29, 0.717) is 0 Å². The zero-order chi connectivity index (χ0) is 25.1. The lowest BCUT2D eigenvalue weighted by Gasteiger charge is -2.11. The molecule has 0 aliphatic carbocycles. The Morgan fingerprint density at radius 1 is 0.421 bits per heavy atom. The average Bonchev–Trinajstić information content (AvgIpc) is 3.53. The third-order valence-corrected chi connectivity index (χ3v) is 7.73. The van der Waals surface area contributed by atoms with E-state index in [1.54, 1.807) is 0 Å². The summed E-state index contributed by atoms with van der Waals surface area (Å²) in [6, 6.07) is 50.3. The van der Waals surface area contributed by atoms with E-state index in [1.807, 2.05) is 0 Å². The molecule has 0 amide bonds. The summed E-state index contributed by atoms with van der Waals surface area (Å²) in [6.45, 7) is 0. The molecule has 2 heterocycles. The molecule has 6 aromatic carbocycles. The number of H-pyrrole nitrogens is 1. The number of para-hydroxylation sites is 2. The Morgan fingerprint density at radius 2 is 1.13 bits per heavy atom. The Bertz CT molecular complexity index is 2130. The summed E-state index contributed by atoms with van der Waals surface area (Å²) in [6.07, 6.45) is 0. The van der Waals surface area contributed by atoms with Crippen LogP contribution in [0.4, 0.5) is 0 Å². The molecule has 0 bridgehead atoms. The quantitative estimate of drug-likeness (QED) is 0.258. The molecule has 2 heteroatoms. The normalized spacial score (nSPS) is 11.7. The first kappa shape index (κ1) is 21.0. The molecule has 0 saturated carbocycles. The van der Waals surface area contributed by atoms with E-state index in [-0.39, 0.29) is 0 Å². The van der Waals surface area contributed by atoms with Crippen LogP contribution in [0.2, 0.25) is 0 Å². The van der Waals surface area contributed by atoms with E-state index < -0.39 is 0 Å². The average molecular weight is 485 g/mol. The molecule has 0 aliphatic heterocycles. The number of hydrogen-bond donors (Lipinski definition) is 1. The lowest BCUT2D eigenvalue weighted by atomic mass is 9.98. The Labute approximate surface area is 220 Å². The molecule has 0 fully saturated rings. The van der Waals surface area contributed by atoms with Gasteiger partial charge in [-0.3, -0.25) is 0 Å². The molecule has 2 nitrogen and oxygen atoms in total. The summed E-state index contributed by atoms with van der Waals surface area (Å²) in [5.41, 5.74) is 10.9. The van der Waals surface area contributed by atoms with Crippen LogP contribution in [0.15, 0.2) is 140 Å². The van der Waals surface area contributed by atoms with Crippen LogP contribution in [0.25, 0.3) is 71.6 Å². The summed E-state index contributed by atoms with van der Waals surface area (Å²) in [7, 11) is 0. The van der Waals surface area contributed by atoms with Crippen molar-refractivity contribution in [1.82, 2.24) is 9.55 Å². The SMILES string of the molecule is c1ccc(-c2cccc(-n3c4ccccc4c4c(-c5ccc6[nH]c7ccccc7c6c5)cccc43)c2)cc1. The molecule has 0 aliphatic rings. The molecule has 8 rings (SSSR count). The fourth-order valence-corrected chi connectivity index (χ4v) is 6.01. The number of rotatable bonds is 3. The smallest absolute Gasteiger partial charge is 0.0547 e. The minimum absolute atomic E-state index is 1.17. The van der Waals surface area contributed by atoms with Gasteiger partial charge in [0, 0.05) is 38.3 Å². The molecule has 8 aromatic rings. The van der Waals surface area contributed by atoms with Gasteiger partial charge in [-0.1, -0.05) is 97.1 Å². The summed E-state index contributed by atoms with van der Waals surface area (Å²) in [5, 5.41) is 5.07. The second-order valence-corrected chi connectivity index (χ2v) is 9.90. The highest BCUT2D eigenvalue weighted by Crippen LogP contribution is 2.40. The number of aromatic amines is 1. The predicted octanol–water partition coefficient (Wildman–Crippen LogP) is 9.75. The van der Waals surface area contributed by atoms with Crippen LogP contribution >= 0.6 is 0 Å². The molecular formula is C36H24N2. The number of nitrogens with one attached hydrogen (secondary N) is 1. The van der Waals surface area contributed by atoms with Crippen LogP contribution in [-0.2, 0) is 0 Å². The van der Waals surface area contributed by atoms with Gasteiger partial charge in [0.1, 0.15) is 0 Å². The van der Waals surface area contributed by atoms with Gasteiger partial charge < -0.3 is 9.55 Å². The first-order valence-corrected chi connectivity index (χ1v) is 13.0. The number of hydrogen-bond acceptors (Lipinski definition) is 0. The summed E-state index contributed by atoms with van der Waals surface area (Å²) in [4.78, 5) is 3.56. The zero-order valence-corrected chi connectivity index (χ0v) is 20.7. The van der Waals surface area contributed by atoms with Crippen LogP contribution in [0.1, 0.15) is 0 Å². The predicted molar refractivity (Wildman–Crippen MR) is 161 cm³/mol. The van der Waals surface area contributed by atoms with Gasteiger partial charge in [-0.2, -0.15) is 0 Å². The van der Waals surface area contributed by atoms with Gasteiger partial charge in [0.05, 0.1) is 11.0 Å². The van der Waals surface area contributed by atoms with Crippen molar-refractivity contribution in [3.05, 3.63) is 140 Å². The highest BCUT2D eigenvalue weighted by Gasteiger charge is 2.17. The van der Waals surface area contributed by atoms with Crippen LogP contribution in [0.3, 0.4) is 0 Å². The van der Waals surface area contributed by atoms with Crippen LogP contribution in [0, 0.1) is 0 Å². The van der Waals surface area contributed by atoms with Gasteiger partial charge in [0.15, 0.2) is 0 Å². The van der Waals surface area contributed by atoms with Crippen molar-refractivity contribution in [3.8, 4) is 27.9 Å². The Morgan fingerprint density at radius 3 is 2.05 bits per heavy atom. The molecule has 1 N–H and O–H groups in total. The first-order chi connectivity index (χ1) is 18.8. The van der Waals surface area contributed by atoms with E-state index in [2.05, 4.69) is 149 Å². The van der Waals surface area contributed by atoms with E-state index in [0.717, 1.165) is 0 Å². The molecule has 0 radical (unpaired) electrons. The molecule has 2 aromatic heterocycles. The van der Waals surface area contributed by atoms with Gasteiger partial charge in [0.25, 0.3) is 0 Å². The highest BCUT2D eigenvalue weighted by atomic mass is 15.0. The van der Waals surface area contributed by atoms with Gasteiger partial charge in [0.2, 0.25) is 0 Å². The second-order valence-electron chi connectivity index (χ2n) is 9.90. The number of aromatic nitrogens is 2. The Balaban J connectivity index is 1.40. The van der Waals surface area contributed by atoms with E-state index >= 15 is 0 Å². The van der Waals surface area contributed by atoms with E-state index in [1.165, 1.54) is 71.6 Å². The maximum Gasteiger partial charge on any atom is 0.0547 e. The monoisotopic (exact) mass is 484 g/mol. The van der Waals surface area contributed by atoms with Crippen molar-refractivity contribution in [2.75, 3.05) is 0 Å². The largest absolute Gasteiger partial charge is 0.355 e. The van der Waals surface area contributed by atoms with E-state index in [9.17, 15) is 0 Å². The molecule has 0 spiro atoms. The third-order valence-electron chi connectivity index (χ3n) is 7.73. The number of benzene rings is 6. The maximum atomic E-state index is 3.56. The fourth-order valence-electron chi connectivity index (χ4n) is 6.01. The number of nitrogens with zero attached hydrogens (tertiary/aromatic N) is 1. The molecule has 178 valence electrons. The Kier molecular flexibility index (Phi) is 4.55. The molecule has 38 heavy (non-hydrogen) atoms. The van der Waals surface area contributed by atoms with Crippen molar-refractivity contribution in [2.24, 2.45) is 0 Å². The van der Waals surface area contributed by atoms with Gasteiger partial charge >= 0.3 is 0 Å². The van der Waals surface area contributed by atoms with Gasteiger partial charge in [-0.25, -0.2) is 0 Å². The van der Waals surface area contributed by atoms with E-state index in [4.69, 9.17) is 0 Å². The molecule has 0 atom stereocenters. The van der Waals surface area contributed by atoms with Gasteiger partial charge in [-0.15, -0.1) is 0 Å². The molecular weight excluding hydrogens is 460 g/mol. The van der Waals surface area contributed by atoms with Crippen molar-refractivity contribution in [1.29, 1.82) is 0 Å². The van der Waals surface area contributed by atoms with Crippen LogP contribution in [0.5, 0.6) is 0 Å². The minimum Gasteiger partial charge on any atom is -0.355 e. The zero-order valence-electron chi connectivity index (χ0n) is 20.7. The Hall–Kier alpha value is -5.08. The van der Waals surface area contributed by atoms with Crippen molar-refractivity contribution >= 4 is 43.6 Å². The van der Waals surface area contributed by atoms with Crippen molar-refractivity contribution < 1.29 is 0 Å². The maximum absolute atomic E-state index is 3.56. The summed E-state index contributed by atoms with van der Waals surface area (Å²) < 4.78 is 2.41. The highest BCUT2D eigenvalue weighted by molar-refractivity contribution is 6.17. The number of fused-ring (bicyclic) bond motifs is 6. The molecule has 0 saturated heterocycles. The van der Waals surface area contributed by atoms with Gasteiger partial charge in [-0.05, 0) is 64.7 Å². The lowest BCUT2D eigenvalue weighted by molar-refractivity contribution is 1.18. The van der Waals surface area contributed by atoms with Crippen LogP contribution < -0.4 is 0 Å². The second kappa shape index (κ2) is 8.22. The summed E-state index contributed by atoms with van der Waals surface area (Å²) >= 11 is 0. The minimum atomic E-state index is 1.17. The first-order valence-electron chi connectivity index (χ1n) is 13.0. The van der Waals surface area contributed by atoms with Crippen LogP contribution in [-0.4, -0.2) is 9.55 Å². The third kappa shape index (κ3) is 3.14. The lowest BCUT2D eigenvalue weighted by Crippen LogP contribution is -1.94. The standard InChI is InChI=1S/C36H24N2/c1-2-10-24(11-3-1)25-12-8-13-27(22-25)38-34-18-7-5-15-30(34)36-28(16-9-19-35(36)38)26-20-21-33-31(23-26)29-14-4-6-17-32(29)37-33/h1-23,37H. The van der Waals surface area contributed by atoms with Crippen molar-refractivity contribution in [2.45, 2.75) is 0 Å².